The van der Waals surface area contributed by atoms with E-state index in [9.17, 15) is 4.79 Å². The van der Waals surface area contributed by atoms with E-state index in [1.165, 1.54) is 0 Å². The van der Waals surface area contributed by atoms with E-state index in [0.29, 0.717) is 5.92 Å². The van der Waals surface area contributed by atoms with E-state index in [-0.39, 0.29) is 5.92 Å². The second-order valence-corrected chi connectivity index (χ2v) is 2.88. The molecule has 0 aromatic carbocycles. The predicted molar refractivity (Wildman–Crippen MR) is 37.8 cm³/mol. The molecule has 10 heavy (non-hydrogen) atoms. The number of aliphatic carboxylic acids is 1. The summed E-state index contributed by atoms with van der Waals surface area (Å²) in [6.45, 7) is 3.62. The van der Waals surface area contributed by atoms with Gasteiger partial charge >= 0.3 is 5.97 Å². The van der Waals surface area contributed by atoms with E-state index < -0.39 is 5.97 Å². The van der Waals surface area contributed by atoms with E-state index in [2.05, 4.69) is 5.32 Å². The van der Waals surface area contributed by atoms with Crippen LogP contribution >= 0.6 is 0 Å². The second-order valence-electron chi connectivity index (χ2n) is 2.88. The van der Waals surface area contributed by atoms with Crippen molar-refractivity contribution in [1.82, 2.24) is 5.32 Å². The van der Waals surface area contributed by atoms with Crippen molar-refractivity contribution in [3.8, 4) is 0 Å². The average Bonchev–Trinajstić information content (AvgIpc) is 2.36. The predicted octanol–water partition coefficient (Wildman–Crippen LogP) is 0.317. The number of hydrogen-bond acceptors (Lipinski definition) is 2. The zero-order valence-corrected chi connectivity index (χ0v) is 6.13. The minimum Gasteiger partial charge on any atom is -0.481 e. The van der Waals surface area contributed by atoms with E-state index in [4.69, 9.17) is 5.11 Å². The molecule has 0 spiro atoms. The molecule has 0 radical (unpaired) electrons. The highest BCUT2D eigenvalue weighted by atomic mass is 16.4. The van der Waals surface area contributed by atoms with Crippen LogP contribution in [0.5, 0.6) is 0 Å². The molecule has 1 saturated heterocycles. The fraction of sp³-hybridized carbons (Fsp3) is 0.857. The van der Waals surface area contributed by atoms with Gasteiger partial charge in [-0.25, -0.2) is 0 Å². The van der Waals surface area contributed by atoms with E-state index in [0.717, 1.165) is 19.5 Å². The molecular weight excluding hydrogens is 130 g/mol. The van der Waals surface area contributed by atoms with Crippen molar-refractivity contribution in [2.45, 2.75) is 13.3 Å². The number of carbonyl (C=O) groups is 1. The standard InChI is InChI=1S/C7H13NO2/c1-5(7(9)10)6-2-3-8-4-6/h5-6,8H,2-4H2,1H3,(H,9,10). The van der Waals surface area contributed by atoms with Crippen LogP contribution in [0.4, 0.5) is 0 Å². The van der Waals surface area contributed by atoms with E-state index in [1.807, 2.05) is 0 Å². The summed E-state index contributed by atoms with van der Waals surface area (Å²) in [6, 6.07) is 0. The van der Waals surface area contributed by atoms with Gasteiger partial charge in [0.2, 0.25) is 0 Å². The highest BCUT2D eigenvalue weighted by Gasteiger charge is 2.25. The Hall–Kier alpha value is -0.570. The Bertz CT molecular complexity index is 130. The summed E-state index contributed by atoms with van der Waals surface area (Å²) in [6.07, 6.45) is 1.01. The SMILES string of the molecule is CC(C(=O)O)C1CCNC1. The molecule has 2 N–H and O–H groups in total. The third-order valence-electron chi connectivity index (χ3n) is 2.20. The first-order valence-electron chi connectivity index (χ1n) is 3.65. The zero-order chi connectivity index (χ0) is 7.56. The van der Waals surface area contributed by atoms with Crippen LogP contribution in [0.15, 0.2) is 0 Å². The van der Waals surface area contributed by atoms with Crippen molar-refractivity contribution in [2.75, 3.05) is 13.1 Å². The Labute approximate surface area is 60.4 Å². The summed E-state index contributed by atoms with van der Waals surface area (Å²) >= 11 is 0. The zero-order valence-electron chi connectivity index (χ0n) is 6.13. The largest absolute Gasteiger partial charge is 0.481 e. The van der Waals surface area contributed by atoms with Crippen molar-refractivity contribution >= 4 is 5.97 Å². The molecule has 0 aromatic rings. The third kappa shape index (κ3) is 1.48. The normalized spacial score (nSPS) is 28.3. The molecule has 1 aliphatic rings. The molecule has 2 atom stereocenters. The molecule has 0 saturated carbocycles. The lowest BCUT2D eigenvalue weighted by atomic mass is 9.94. The first-order valence-corrected chi connectivity index (χ1v) is 3.65. The van der Waals surface area contributed by atoms with Crippen LogP contribution < -0.4 is 5.32 Å². The molecule has 1 rings (SSSR count). The molecule has 1 fully saturated rings. The van der Waals surface area contributed by atoms with Gasteiger partial charge in [-0.15, -0.1) is 0 Å². The van der Waals surface area contributed by atoms with Crippen LogP contribution in [0, 0.1) is 11.8 Å². The van der Waals surface area contributed by atoms with Crippen LogP contribution in [0.2, 0.25) is 0 Å². The van der Waals surface area contributed by atoms with Gasteiger partial charge in [0.15, 0.2) is 0 Å². The van der Waals surface area contributed by atoms with Gasteiger partial charge in [0.05, 0.1) is 5.92 Å². The monoisotopic (exact) mass is 143 g/mol. The average molecular weight is 143 g/mol. The van der Waals surface area contributed by atoms with Crippen molar-refractivity contribution in [3.63, 3.8) is 0 Å². The Morgan fingerprint density at radius 2 is 2.50 bits per heavy atom. The smallest absolute Gasteiger partial charge is 0.306 e. The number of nitrogens with one attached hydrogen (secondary N) is 1. The first kappa shape index (κ1) is 7.54. The van der Waals surface area contributed by atoms with Crippen molar-refractivity contribution in [3.05, 3.63) is 0 Å². The molecule has 0 bridgehead atoms. The molecular formula is C7H13NO2. The van der Waals surface area contributed by atoms with Crippen LogP contribution in [0.1, 0.15) is 13.3 Å². The van der Waals surface area contributed by atoms with Gasteiger partial charge in [0, 0.05) is 0 Å². The van der Waals surface area contributed by atoms with Crippen LogP contribution in [0.3, 0.4) is 0 Å². The highest BCUT2D eigenvalue weighted by Crippen LogP contribution is 2.18. The minimum atomic E-state index is -0.672. The fourth-order valence-electron chi connectivity index (χ4n) is 1.31. The second kappa shape index (κ2) is 3.01. The lowest BCUT2D eigenvalue weighted by Gasteiger charge is -2.11. The Balaban J connectivity index is 2.39. The third-order valence-corrected chi connectivity index (χ3v) is 2.20. The Morgan fingerprint density at radius 3 is 2.90 bits per heavy atom. The lowest BCUT2D eigenvalue weighted by Crippen LogP contribution is -2.22. The summed E-state index contributed by atoms with van der Waals surface area (Å²) in [5, 5.41) is 11.8. The fourth-order valence-corrected chi connectivity index (χ4v) is 1.31. The summed E-state index contributed by atoms with van der Waals surface area (Å²) < 4.78 is 0. The lowest BCUT2D eigenvalue weighted by molar-refractivity contribution is -0.142. The van der Waals surface area contributed by atoms with Crippen LogP contribution in [-0.2, 0) is 4.79 Å². The van der Waals surface area contributed by atoms with Gasteiger partial charge in [-0.1, -0.05) is 6.92 Å². The minimum absolute atomic E-state index is 0.185. The molecule has 3 nitrogen and oxygen atoms in total. The number of carboxylic acids is 1. The summed E-state index contributed by atoms with van der Waals surface area (Å²) in [7, 11) is 0. The topological polar surface area (TPSA) is 49.3 Å². The van der Waals surface area contributed by atoms with E-state index >= 15 is 0 Å². The maximum atomic E-state index is 10.5. The molecule has 1 aliphatic heterocycles. The summed E-state index contributed by atoms with van der Waals surface area (Å²) in [4.78, 5) is 10.5. The van der Waals surface area contributed by atoms with Crippen LogP contribution in [-0.4, -0.2) is 24.2 Å². The van der Waals surface area contributed by atoms with Gasteiger partial charge in [-0.2, -0.15) is 0 Å². The van der Waals surface area contributed by atoms with Crippen molar-refractivity contribution in [2.24, 2.45) is 11.8 Å². The molecule has 58 valence electrons. The quantitative estimate of drug-likeness (QED) is 0.585. The van der Waals surface area contributed by atoms with E-state index in [1.54, 1.807) is 6.92 Å². The molecule has 0 amide bonds. The summed E-state index contributed by atoms with van der Waals surface area (Å²) in [5.74, 6) is -0.513. The van der Waals surface area contributed by atoms with Crippen molar-refractivity contribution in [1.29, 1.82) is 0 Å². The number of rotatable bonds is 2. The number of hydrogen-bond donors (Lipinski definition) is 2. The molecule has 3 heteroatoms. The van der Waals surface area contributed by atoms with Gasteiger partial charge in [0.25, 0.3) is 0 Å². The van der Waals surface area contributed by atoms with Gasteiger partial charge in [-0.05, 0) is 25.4 Å². The molecule has 0 aliphatic carbocycles. The maximum absolute atomic E-state index is 10.5. The van der Waals surface area contributed by atoms with Gasteiger partial charge in [0.1, 0.15) is 0 Å². The molecule has 2 unspecified atom stereocenters. The molecule has 0 aromatic heterocycles. The Kier molecular flexibility index (Phi) is 2.27. The molecule has 1 heterocycles. The van der Waals surface area contributed by atoms with Gasteiger partial charge < -0.3 is 10.4 Å². The van der Waals surface area contributed by atoms with Gasteiger partial charge in [-0.3, -0.25) is 4.79 Å². The highest BCUT2D eigenvalue weighted by molar-refractivity contribution is 5.69. The van der Waals surface area contributed by atoms with Crippen LogP contribution in [0.25, 0.3) is 0 Å². The first-order chi connectivity index (χ1) is 4.72. The maximum Gasteiger partial charge on any atom is 0.306 e. The number of carboxylic acid groups (broad SMARTS) is 1. The Morgan fingerprint density at radius 1 is 1.80 bits per heavy atom. The summed E-state index contributed by atoms with van der Waals surface area (Å²) in [5.41, 5.74) is 0. The van der Waals surface area contributed by atoms with Crippen molar-refractivity contribution < 1.29 is 9.90 Å².